The topological polar surface area (TPSA) is 106 Å². The van der Waals surface area contributed by atoms with E-state index in [0.717, 1.165) is 21.9 Å². The molecule has 1 aromatic carbocycles. The molecule has 4 rings (SSSR count). The van der Waals surface area contributed by atoms with E-state index in [2.05, 4.69) is 38.0 Å². The van der Waals surface area contributed by atoms with E-state index in [9.17, 15) is 13.2 Å². The predicted molar refractivity (Wildman–Crippen MR) is 126 cm³/mol. The Bertz CT molecular complexity index is 1220. The van der Waals surface area contributed by atoms with Gasteiger partial charge in [-0.25, -0.2) is 13.1 Å². The summed E-state index contributed by atoms with van der Waals surface area (Å²) in [6, 6.07) is 9.35. The molecule has 9 nitrogen and oxygen atoms in total. The molecule has 1 amide bonds. The Balaban J connectivity index is 1.73. The number of amides is 1. The van der Waals surface area contributed by atoms with Crippen molar-refractivity contribution in [3.63, 3.8) is 0 Å². The number of sulfone groups is 1. The number of ether oxygens (including phenoxy) is 1. The van der Waals surface area contributed by atoms with E-state index < -0.39 is 9.84 Å². The summed E-state index contributed by atoms with van der Waals surface area (Å²) < 4.78 is 31.8. The van der Waals surface area contributed by atoms with Crippen LogP contribution in [-0.4, -0.2) is 66.5 Å². The van der Waals surface area contributed by atoms with Crippen molar-refractivity contribution in [1.82, 2.24) is 19.7 Å². The Morgan fingerprint density at radius 3 is 2.87 bits per heavy atom. The number of hydrogen-bond donors (Lipinski definition) is 1. The minimum absolute atomic E-state index is 0.202. The fraction of sp³-hybridized carbons (Fsp3) is 0.350. The number of halogens is 1. The second-order valence-corrected chi connectivity index (χ2v) is 10.7. The number of benzene rings is 1. The highest BCUT2D eigenvalue weighted by Gasteiger charge is 2.22. The van der Waals surface area contributed by atoms with Gasteiger partial charge in [0.15, 0.2) is 15.7 Å². The summed E-state index contributed by atoms with van der Waals surface area (Å²) in [5.74, 6) is -0.0193. The zero-order chi connectivity index (χ0) is 22.0. The first kappa shape index (κ1) is 22.0. The molecular weight excluding hydrogens is 533 g/mol. The number of nitrogens with zero attached hydrogens (tertiary/aromatic N) is 4. The minimum atomic E-state index is -3.35. The van der Waals surface area contributed by atoms with E-state index >= 15 is 0 Å². The standard InChI is InChI=1S/C20H22IN5O4S/c1-31(28,29)13-26-18-11-17(20(27)25-6-3-8-30-9-7-25)22-12-16(18)19(24-26)23-15-5-2-4-14(21)10-15/h2,4-5,10-12H,3,6-9,13H2,1H3,(H,23,24). The molecule has 0 radical (unpaired) electrons. The van der Waals surface area contributed by atoms with Crippen molar-refractivity contribution in [2.75, 3.05) is 37.9 Å². The van der Waals surface area contributed by atoms with Gasteiger partial charge in [0.05, 0.1) is 17.5 Å². The lowest BCUT2D eigenvalue weighted by Crippen LogP contribution is -2.33. The fourth-order valence-corrected chi connectivity index (χ4v) is 4.60. The molecule has 164 valence electrons. The Hall–Kier alpha value is -2.25. The molecule has 2 aromatic heterocycles. The van der Waals surface area contributed by atoms with E-state index in [1.807, 2.05) is 24.3 Å². The number of rotatable bonds is 5. The zero-order valence-corrected chi connectivity index (χ0v) is 19.9. The molecule has 1 aliphatic rings. The zero-order valence-electron chi connectivity index (χ0n) is 16.9. The van der Waals surface area contributed by atoms with Crippen LogP contribution in [0.1, 0.15) is 16.9 Å². The first-order chi connectivity index (χ1) is 14.8. The van der Waals surface area contributed by atoms with Crippen molar-refractivity contribution in [1.29, 1.82) is 0 Å². The summed E-state index contributed by atoms with van der Waals surface area (Å²) >= 11 is 2.22. The molecule has 3 aromatic rings. The molecule has 1 saturated heterocycles. The van der Waals surface area contributed by atoms with Crippen LogP contribution in [0.15, 0.2) is 36.5 Å². The lowest BCUT2D eigenvalue weighted by Gasteiger charge is -2.19. The molecule has 0 atom stereocenters. The summed E-state index contributed by atoms with van der Waals surface area (Å²) in [7, 11) is -3.35. The number of fused-ring (bicyclic) bond motifs is 1. The van der Waals surface area contributed by atoms with Crippen LogP contribution in [0.25, 0.3) is 10.9 Å². The van der Waals surface area contributed by atoms with Gasteiger partial charge in [0.1, 0.15) is 11.6 Å². The number of aromatic nitrogens is 3. The first-order valence-electron chi connectivity index (χ1n) is 9.74. The van der Waals surface area contributed by atoms with Gasteiger partial charge in [-0.1, -0.05) is 6.07 Å². The summed E-state index contributed by atoms with van der Waals surface area (Å²) in [5.41, 5.74) is 1.61. The monoisotopic (exact) mass is 555 g/mol. The minimum Gasteiger partial charge on any atom is -0.380 e. The normalized spacial score (nSPS) is 15.1. The Kier molecular flexibility index (Phi) is 6.44. The van der Waals surface area contributed by atoms with Crippen molar-refractivity contribution < 1.29 is 17.9 Å². The summed E-state index contributed by atoms with van der Waals surface area (Å²) in [6.07, 6.45) is 3.49. The van der Waals surface area contributed by atoms with Gasteiger partial charge in [0.25, 0.3) is 5.91 Å². The quantitative estimate of drug-likeness (QED) is 0.483. The Morgan fingerprint density at radius 1 is 1.26 bits per heavy atom. The van der Waals surface area contributed by atoms with E-state index in [1.54, 1.807) is 17.2 Å². The molecule has 1 aliphatic heterocycles. The maximum absolute atomic E-state index is 13.0. The highest BCUT2D eigenvalue weighted by Crippen LogP contribution is 2.27. The first-order valence-corrected chi connectivity index (χ1v) is 12.9. The van der Waals surface area contributed by atoms with Gasteiger partial charge in [-0.3, -0.25) is 9.78 Å². The average molecular weight is 555 g/mol. The average Bonchev–Trinajstić information content (AvgIpc) is 2.89. The fourth-order valence-electron chi connectivity index (χ4n) is 3.41. The van der Waals surface area contributed by atoms with Crippen LogP contribution in [-0.2, 0) is 20.5 Å². The molecule has 0 saturated carbocycles. The van der Waals surface area contributed by atoms with Crippen LogP contribution < -0.4 is 5.32 Å². The predicted octanol–water partition coefficient (Wildman–Crippen LogP) is 2.64. The third kappa shape index (κ3) is 5.33. The maximum atomic E-state index is 13.0. The van der Waals surface area contributed by atoms with E-state index in [1.165, 1.54) is 4.68 Å². The molecule has 3 heterocycles. The van der Waals surface area contributed by atoms with Crippen molar-refractivity contribution in [2.45, 2.75) is 12.3 Å². The third-order valence-corrected chi connectivity index (χ3v) is 6.19. The lowest BCUT2D eigenvalue weighted by molar-refractivity contribution is 0.0735. The van der Waals surface area contributed by atoms with Gasteiger partial charge >= 0.3 is 0 Å². The smallest absolute Gasteiger partial charge is 0.272 e. The van der Waals surface area contributed by atoms with Crippen molar-refractivity contribution >= 4 is 60.7 Å². The number of hydrogen-bond acceptors (Lipinski definition) is 7. The van der Waals surface area contributed by atoms with Crippen molar-refractivity contribution in [3.05, 3.63) is 45.8 Å². The molecule has 31 heavy (non-hydrogen) atoms. The molecule has 0 unspecified atom stereocenters. The van der Waals surface area contributed by atoms with Crippen LogP contribution in [0.3, 0.4) is 0 Å². The van der Waals surface area contributed by atoms with Crippen LogP contribution in [0.5, 0.6) is 0 Å². The summed E-state index contributed by atoms with van der Waals surface area (Å²) in [5, 5.41) is 8.33. The van der Waals surface area contributed by atoms with Gasteiger partial charge in [0.2, 0.25) is 0 Å². The molecule has 11 heteroatoms. The van der Waals surface area contributed by atoms with Crippen LogP contribution in [0, 0.1) is 3.57 Å². The number of nitrogens with one attached hydrogen (secondary N) is 1. The highest BCUT2D eigenvalue weighted by atomic mass is 127. The van der Waals surface area contributed by atoms with Crippen LogP contribution >= 0.6 is 22.6 Å². The van der Waals surface area contributed by atoms with Crippen molar-refractivity contribution in [3.8, 4) is 0 Å². The molecule has 0 bridgehead atoms. The van der Waals surface area contributed by atoms with E-state index in [-0.39, 0.29) is 17.5 Å². The van der Waals surface area contributed by atoms with Gasteiger partial charge in [0, 0.05) is 41.4 Å². The number of pyridine rings is 1. The Labute approximate surface area is 193 Å². The van der Waals surface area contributed by atoms with Gasteiger partial charge in [-0.15, -0.1) is 0 Å². The number of anilines is 2. The van der Waals surface area contributed by atoms with Crippen molar-refractivity contribution in [2.24, 2.45) is 0 Å². The highest BCUT2D eigenvalue weighted by molar-refractivity contribution is 14.1. The maximum Gasteiger partial charge on any atom is 0.272 e. The van der Waals surface area contributed by atoms with Crippen LogP contribution in [0.2, 0.25) is 0 Å². The number of carbonyl (C=O) groups is 1. The summed E-state index contributed by atoms with van der Waals surface area (Å²) in [6.45, 7) is 2.22. The van der Waals surface area contributed by atoms with E-state index in [0.29, 0.717) is 43.0 Å². The molecule has 0 aliphatic carbocycles. The van der Waals surface area contributed by atoms with Gasteiger partial charge in [-0.05, 0) is 53.3 Å². The Morgan fingerprint density at radius 2 is 2.10 bits per heavy atom. The SMILES string of the molecule is CS(=O)(=O)Cn1nc(Nc2cccc(I)c2)c2cnc(C(=O)N3CCCOCC3)cc21. The molecule has 0 spiro atoms. The van der Waals surface area contributed by atoms with Gasteiger partial charge < -0.3 is 15.0 Å². The molecule has 1 N–H and O–H groups in total. The molecular formula is C20H22IN5O4S. The second kappa shape index (κ2) is 9.09. The summed E-state index contributed by atoms with van der Waals surface area (Å²) in [4.78, 5) is 19.0. The van der Waals surface area contributed by atoms with Gasteiger partial charge in [-0.2, -0.15) is 5.10 Å². The lowest BCUT2D eigenvalue weighted by atomic mass is 10.2. The van der Waals surface area contributed by atoms with Crippen LogP contribution in [0.4, 0.5) is 11.5 Å². The number of carbonyl (C=O) groups excluding carboxylic acids is 1. The second-order valence-electron chi connectivity index (χ2n) is 7.38. The third-order valence-electron chi connectivity index (χ3n) is 4.81. The molecule has 1 fully saturated rings. The largest absolute Gasteiger partial charge is 0.380 e. The van der Waals surface area contributed by atoms with E-state index in [4.69, 9.17) is 4.74 Å².